The Morgan fingerprint density at radius 2 is 2.09 bits per heavy atom. The topological polar surface area (TPSA) is 66.8 Å². The summed E-state index contributed by atoms with van der Waals surface area (Å²) in [6.45, 7) is 3.63. The summed E-state index contributed by atoms with van der Waals surface area (Å²) in [7, 11) is 0. The highest BCUT2D eigenvalue weighted by Gasteiger charge is 2.32. The molecule has 1 amide bonds. The number of nitrogens with zero attached hydrogens (tertiary/aromatic N) is 4. The molecule has 3 heterocycles. The molecule has 0 bridgehead atoms. The SMILES string of the molecule is C[C@H]1C[C@@H](Cn2ncc3cc(-c4cn[nH]c4)ccc32)CN1C(=O)CCc1cccc(F)c1. The summed E-state index contributed by atoms with van der Waals surface area (Å²) in [6, 6.07) is 13.0. The van der Waals surface area contributed by atoms with Gasteiger partial charge in [0, 0.05) is 42.7 Å². The van der Waals surface area contributed by atoms with E-state index in [1.54, 1.807) is 6.07 Å². The third kappa shape index (κ3) is 4.15. The van der Waals surface area contributed by atoms with Gasteiger partial charge in [-0.15, -0.1) is 0 Å². The normalized spacial score (nSPS) is 18.5. The van der Waals surface area contributed by atoms with Gasteiger partial charge in [0.15, 0.2) is 0 Å². The predicted molar refractivity (Wildman–Crippen MR) is 121 cm³/mol. The van der Waals surface area contributed by atoms with E-state index < -0.39 is 0 Å². The quantitative estimate of drug-likeness (QED) is 0.491. The van der Waals surface area contributed by atoms with Gasteiger partial charge in [-0.25, -0.2) is 4.39 Å². The summed E-state index contributed by atoms with van der Waals surface area (Å²) in [5.74, 6) is 0.243. The minimum atomic E-state index is -0.257. The summed E-state index contributed by atoms with van der Waals surface area (Å²) >= 11 is 0. The minimum Gasteiger partial charge on any atom is -0.340 e. The molecule has 0 spiro atoms. The lowest BCUT2D eigenvalue weighted by atomic mass is 10.1. The third-order valence-electron chi connectivity index (χ3n) is 6.40. The van der Waals surface area contributed by atoms with Crippen LogP contribution in [0.4, 0.5) is 4.39 Å². The van der Waals surface area contributed by atoms with Gasteiger partial charge in [-0.05, 0) is 61.1 Å². The Morgan fingerprint density at radius 3 is 2.91 bits per heavy atom. The van der Waals surface area contributed by atoms with Gasteiger partial charge in [0.25, 0.3) is 0 Å². The first-order valence-corrected chi connectivity index (χ1v) is 11.1. The Hall–Kier alpha value is -3.48. The number of H-pyrrole nitrogens is 1. The Morgan fingerprint density at radius 1 is 1.19 bits per heavy atom. The molecule has 5 rings (SSSR count). The zero-order valence-electron chi connectivity index (χ0n) is 18.0. The van der Waals surface area contributed by atoms with Crippen LogP contribution in [0.3, 0.4) is 0 Å². The molecule has 1 N–H and O–H groups in total. The number of likely N-dealkylation sites (tertiary alicyclic amines) is 1. The van der Waals surface area contributed by atoms with Gasteiger partial charge in [0.1, 0.15) is 5.82 Å². The number of carbonyl (C=O) groups is 1. The van der Waals surface area contributed by atoms with Crippen LogP contribution >= 0.6 is 0 Å². The first kappa shape index (κ1) is 20.4. The fraction of sp³-hybridized carbons (Fsp3) is 0.320. The van der Waals surface area contributed by atoms with Crippen molar-refractivity contribution >= 4 is 16.8 Å². The number of aromatic amines is 1. The lowest BCUT2D eigenvalue weighted by molar-refractivity contribution is -0.131. The van der Waals surface area contributed by atoms with Crippen LogP contribution in [0.5, 0.6) is 0 Å². The Kier molecular flexibility index (Phi) is 5.47. The molecule has 1 aliphatic heterocycles. The standard InChI is InChI=1S/C25H26FN5O/c1-17-9-19(15-30(17)25(32)8-5-18-3-2-4-23(26)10-18)16-31-24-7-6-20(11-21(24)14-29-31)22-12-27-28-13-22/h2-4,6-7,10-14,17,19H,5,8-9,15-16H2,1H3,(H,27,28)/t17-,19+/m0/s1. The van der Waals surface area contributed by atoms with Crippen molar-refractivity contribution in [2.45, 2.75) is 38.8 Å². The summed E-state index contributed by atoms with van der Waals surface area (Å²) in [5.41, 5.74) is 4.12. The number of carbonyl (C=O) groups excluding carboxylic acids is 1. The summed E-state index contributed by atoms with van der Waals surface area (Å²) < 4.78 is 15.4. The molecule has 0 aliphatic carbocycles. The van der Waals surface area contributed by atoms with Crippen molar-refractivity contribution < 1.29 is 9.18 Å². The molecule has 2 aromatic carbocycles. The zero-order chi connectivity index (χ0) is 22.1. The zero-order valence-corrected chi connectivity index (χ0v) is 18.0. The number of fused-ring (bicyclic) bond motifs is 1. The van der Waals surface area contributed by atoms with Crippen LogP contribution in [0, 0.1) is 11.7 Å². The van der Waals surface area contributed by atoms with Gasteiger partial charge < -0.3 is 4.90 Å². The van der Waals surface area contributed by atoms with E-state index >= 15 is 0 Å². The fourth-order valence-corrected chi connectivity index (χ4v) is 4.77. The monoisotopic (exact) mass is 431 g/mol. The molecule has 0 radical (unpaired) electrons. The average molecular weight is 432 g/mol. The van der Waals surface area contributed by atoms with Gasteiger partial charge >= 0.3 is 0 Å². The van der Waals surface area contributed by atoms with Crippen molar-refractivity contribution in [1.82, 2.24) is 24.9 Å². The largest absolute Gasteiger partial charge is 0.340 e. The Labute approximate surface area is 186 Å². The van der Waals surface area contributed by atoms with Crippen molar-refractivity contribution in [3.8, 4) is 11.1 Å². The second kappa shape index (κ2) is 8.57. The highest BCUT2D eigenvalue weighted by molar-refractivity contribution is 5.84. The average Bonchev–Trinajstić information content (AvgIpc) is 3.53. The van der Waals surface area contributed by atoms with Crippen molar-refractivity contribution in [3.63, 3.8) is 0 Å². The van der Waals surface area contributed by atoms with Crippen LogP contribution in [0.1, 0.15) is 25.3 Å². The van der Waals surface area contributed by atoms with Crippen LogP contribution in [0.25, 0.3) is 22.0 Å². The molecule has 0 unspecified atom stereocenters. The smallest absolute Gasteiger partial charge is 0.223 e. The molecule has 1 fully saturated rings. The molecule has 4 aromatic rings. The number of nitrogens with one attached hydrogen (secondary N) is 1. The van der Waals surface area contributed by atoms with Gasteiger partial charge in [0.2, 0.25) is 5.91 Å². The maximum absolute atomic E-state index is 13.4. The summed E-state index contributed by atoms with van der Waals surface area (Å²) in [4.78, 5) is 14.8. The van der Waals surface area contributed by atoms with E-state index in [2.05, 4.69) is 40.4 Å². The maximum Gasteiger partial charge on any atom is 0.223 e. The molecular weight excluding hydrogens is 405 g/mol. The van der Waals surface area contributed by atoms with Gasteiger partial charge in [-0.2, -0.15) is 10.2 Å². The van der Waals surface area contributed by atoms with E-state index in [0.717, 1.165) is 47.1 Å². The highest BCUT2D eigenvalue weighted by Crippen LogP contribution is 2.28. The lowest BCUT2D eigenvalue weighted by Crippen LogP contribution is -2.34. The maximum atomic E-state index is 13.4. The first-order chi connectivity index (χ1) is 15.6. The van der Waals surface area contributed by atoms with E-state index in [1.165, 1.54) is 12.1 Å². The van der Waals surface area contributed by atoms with Gasteiger partial charge in [-0.3, -0.25) is 14.6 Å². The fourth-order valence-electron chi connectivity index (χ4n) is 4.77. The number of rotatable bonds is 6. The second-order valence-electron chi connectivity index (χ2n) is 8.71. The van der Waals surface area contributed by atoms with E-state index in [0.29, 0.717) is 18.8 Å². The molecule has 1 aliphatic rings. The Bertz CT molecular complexity index is 1230. The lowest BCUT2D eigenvalue weighted by Gasteiger charge is -2.21. The number of benzene rings is 2. The molecular formula is C25H26FN5O. The van der Waals surface area contributed by atoms with E-state index in [4.69, 9.17) is 0 Å². The van der Waals surface area contributed by atoms with Crippen LogP contribution < -0.4 is 0 Å². The molecule has 1 saturated heterocycles. The van der Waals surface area contributed by atoms with E-state index in [1.807, 2.05) is 34.2 Å². The molecule has 2 atom stereocenters. The van der Waals surface area contributed by atoms with Crippen LogP contribution in [0.2, 0.25) is 0 Å². The van der Waals surface area contributed by atoms with Gasteiger partial charge in [0.05, 0.1) is 17.9 Å². The van der Waals surface area contributed by atoms with Crippen molar-refractivity contribution in [1.29, 1.82) is 0 Å². The van der Waals surface area contributed by atoms with Crippen LogP contribution in [0.15, 0.2) is 61.1 Å². The molecule has 0 saturated carbocycles. The number of hydrogen-bond donors (Lipinski definition) is 1. The number of amides is 1. The van der Waals surface area contributed by atoms with Gasteiger partial charge in [-0.1, -0.05) is 18.2 Å². The third-order valence-corrected chi connectivity index (χ3v) is 6.40. The number of aryl methyl sites for hydroxylation is 1. The van der Waals surface area contributed by atoms with Crippen LogP contribution in [-0.4, -0.2) is 43.4 Å². The minimum absolute atomic E-state index is 0.138. The number of hydrogen-bond acceptors (Lipinski definition) is 3. The van der Waals surface area contributed by atoms with Crippen LogP contribution in [-0.2, 0) is 17.8 Å². The first-order valence-electron chi connectivity index (χ1n) is 11.1. The number of halogens is 1. The molecule has 32 heavy (non-hydrogen) atoms. The van der Waals surface area contributed by atoms with Crippen molar-refractivity contribution in [3.05, 3.63) is 72.4 Å². The predicted octanol–water partition coefficient (Wildman–Crippen LogP) is 4.44. The Balaban J connectivity index is 1.23. The van der Waals surface area contributed by atoms with Crippen molar-refractivity contribution in [2.75, 3.05) is 6.54 Å². The molecule has 164 valence electrons. The summed E-state index contributed by atoms with van der Waals surface area (Å²) in [6.07, 6.45) is 7.52. The highest BCUT2D eigenvalue weighted by atomic mass is 19.1. The molecule has 6 nitrogen and oxygen atoms in total. The molecule has 7 heteroatoms. The summed E-state index contributed by atoms with van der Waals surface area (Å²) in [5, 5.41) is 12.6. The molecule has 2 aromatic heterocycles. The van der Waals surface area contributed by atoms with E-state index in [9.17, 15) is 9.18 Å². The second-order valence-corrected chi connectivity index (χ2v) is 8.71. The number of aromatic nitrogens is 4. The van der Waals surface area contributed by atoms with E-state index in [-0.39, 0.29) is 17.8 Å². The van der Waals surface area contributed by atoms with Crippen molar-refractivity contribution in [2.24, 2.45) is 5.92 Å².